The second-order valence-corrected chi connectivity index (χ2v) is 7.10. The van der Waals surface area contributed by atoms with Gasteiger partial charge in [0.1, 0.15) is 11.3 Å². The number of fused-ring (bicyclic) bond motifs is 1. The summed E-state index contributed by atoms with van der Waals surface area (Å²) in [7, 11) is 1.55. The van der Waals surface area contributed by atoms with E-state index in [9.17, 15) is 9.59 Å². The maximum atomic E-state index is 13.0. The number of thiazole rings is 1. The minimum absolute atomic E-state index is 0.0212. The minimum atomic E-state index is -0.513. The Labute approximate surface area is 165 Å². The Morgan fingerprint density at radius 3 is 2.71 bits per heavy atom. The van der Waals surface area contributed by atoms with Gasteiger partial charge in [-0.25, -0.2) is 4.98 Å². The zero-order valence-corrected chi connectivity index (χ0v) is 16.1. The molecule has 0 aliphatic carbocycles. The standard InChI is InChI=1S/C21H17N3O3S/c1-13-6-8-14(9-7-13)18-12-28-21-22-11-17(20(26)24(18)21)19(25)23-15-4-3-5-16(10-15)27-2/h3-12H,1-2H3,(H,23,25). The largest absolute Gasteiger partial charge is 0.497 e. The van der Waals surface area contributed by atoms with E-state index in [2.05, 4.69) is 10.3 Å². The average molecular weight is 391 g/mol. The number of ether oxygens (including phenoxy) is 1. The summed E-state index contributed by atoms with van der Waals surface area (Å²) in [6.07, 6.45) is 1.32. The summed E-state index contributed by atoms with van der Waals surface area (Å²) in [5.74, 6) is 0.101. The van der Waals surface area contributed by atoms with Gasteiger partial charge in [0.15, 0.2) is 4.96 Å². The summed E-state index contributed by atoms with van der Waals surface area (Å²) < 4.78 is 6.64. The highest BCUT2D eigenvalue weighted by Gasteiger charge is 2.17. The number of anilines is 1. The van der Waals surface area contributed by atoms with Gasteiger partial charge in [0.25, 0.3) is 11.5 Å². The van der Waals surface area contributed by atoms with Crippen LogP contribution in [-0.2, 0) is 0 Å². The SMILES string of the molecule is COc1cccc(NC(=O)c2cnc3scc(-c4ccc(C)cc4)n3c2=O)c1. The van der Waals surface area contributed by atoms with Crippen LogP contribution in [0.1, 0.15) is 15.9 Å². The third kappa shape index (κ3) is 3.27. The van der Waals surface area contributed by atoms with Crippen LogP contribution in [0.5, 0.6) is 5.75 Å². The summed E-state index contributed by atoms with van der Waals surface area (Å²) in [5, 5.41) is 4.60. The van der Waals surface area contributed by atoms with E-state index < -0.39 is 11.5 Å². The second kappa shape index (κ2) is 7.28. The van der Waals surface area contributed by atoms with Crippen molar-refractivity contribution in [3.8, 4) is 17.0 Å². The molecule has 0 saturated heterocycles. The highest BCUT2D eigenvalue weighted by atomic mass is 32.1. The van der Waals surface area contributed by atoms with E-state index in [1.165, 1.54) is 21.9 Å². The monoisotopic (exact) mass is 391 g/mol. The van der Waals surface area contributed by atoms with E-state index in [0.29, 0.717) is 22.1 Å². The fraction of sp³-hybridized carbons (Fsp3) is 0.0952. The summed E-state index contributed by atoms with van der Waals surface area (Å²) in [6.45, 7) is 2.00. The molecular formula is C21H17N3O3S. The minimum Gasteiger partial charge on any atom is -0.497 e. The predicted molar refractivity (Wildman–Crippen MR) is 110 cm³/mol. The van der Waals surface area contributed by atoms with E-state index in [1.807, 2.05) is 36.6 Å². The second-order valence-electron chi connectivity index (χ2n) is 6.27. The van der Waals surface area contributed by atoms with Crippen molar-refractivity contribution in [2.24, 2.45) is 0 Å². The third-order valence-corrected chi connectivity index (χ3v) is 5.21. The van der Waals surface area contributed by atoms with Crippen LogP contribution < -0.4 is 15.6 Å². The van der Waals surface area contributed by atoms with E-state index in [4.69, 9.17) is 4.74 Å². The molecule has 0 aliphatic rings. The fourth-order valence-electron chi connectivity index (χ4n) is 2.87. The molecule has 1 N–H and O–H groups in total. The lowest BCUT2D eigenvalue weighted by molar-refractivity contribution is 0.102. The van der Waals surface area contributed by atoms with Crippen LogP contribution in [0.15, 0.2) is 64.9 Å². The molecule has 1 amide bonds. The van der Waals surface area contributed by atoms with Gasteiger partial charge < -0.3 is 10.1 Å². The number of aryl methyl sites for hydroxylation is 1. The first-order chi connectivity index (χ1) is 13.6. The van der Waals surface area contributed by atoms with E-state index in [0.717, 1.165) is 11.1 Å². The van der Waals surface area contributed by atoms with E-state index >= 15 is 0 Å². The number of methoxy groups -OCH3 is 1. The number of aromatic nitrogens is 2. The van der Waals surface area contributed by atoms with Gasteiger partial charge in [0, 0.05) is 23.3 Å². The maximum Gasteiger partial charge on any atom is 0.271 e. The highest BCUT2D eigenvalue weighted by molar-refractivity contribution is 7.15. The van der Waals surface area contributed by atoms with Crippen LogP contribution in [0.4, 0.5) is 5.69 Å². The Morgan fingerprint density at radius 1 is 1.18 bits per heavy atom. The molecule has 2 aromatic carbocycles. The van der Waals surface area contributed by atoms with E-state index in [-0.39, 0.29) is 5.56 Å². The first kappa shape index (κ1) is 17.9. The summed E-state index contributed by atoms with van der Waals surface area (Å²) in [6, 6.07) is 14.8. The Bertz CT molecular complexity index is 1230. The molecule has 6 nitrogen and oxygen atoms in total. The number of carbonyl (C=O) groups excluding carboxylic acids is 1. The van der Waals surface area contributed by atoms with Crippen LogP contribution >= 0.6 is 11.3 Å². The molecular weight excluding hydrogens is 374 g/mol. The number of hydrogen-bond donors (Lipinski definition) is 1. The van der Waals surface area contributed by atoms with Gasteiger partial charge >= 0.3 is 0 Å². The van der Waals surface area contributed by atoms with Crippen LogP contribution in [0.25, 0.3) is 16.2 Å². The zero-order valence-electron chi connectivity index (χ0n) is 15.3. The van der Waals surface area contributed by atoms with Crippen LogP contribution in [0.2, 0.25) is 0 Å². The fourth-order valence-corrected chi connectivity index (χ4v) is 3.73. The maximum absolute atomic E-state index is 13.0. The van der Waals surface area contributed by atoms with Crippen LogP contribution in [0, 0.1) is 6.92 Å². The number of benzene rings is 2. The van der Waals surface area contributed by atoms with Gasteiger partial charge in [-0.15, -0.1) is 11.3 Å². The molecule has 4 rings (SSSR count). The predicted octanol–water partition coefficient (Wildman–Crippen LogP) is 3.99. The molecule has 0 fully saturated rings. The van der Waals surface area contributed by atoms with E-state index in [1.54, 1.807) is 31.4 Å². The first-order valence-corrected chi connectivity index (χ1v) is 9.46. The van der Waals surface area contributed by atoms with Crippen molar-refractivity contribution < 1.29 is 9.53 Å². The van der Waals surface area contributed by atoms with Crippen molar-refractivity contribution >= 4 is 27.9 Å². The molecule has 0 spiro atoms. The van der Waals surface area contributed by atoms with Crippen LogP contribution in [-0.4, -0.2) is 22.4 Å². The molecule has 0 unspecified atom stereocenters. The number of nitrogens with zero attached hydrogens (tertiary/aromatic N) is 2. The van der Waals surface area contributed by atoms with Crippen molar-refractivity contribution in [1.82, 2.24) is 9.38 Å². The normalized spacial score (nSPS) is 10.8. The number of rotatable bonds is 4. The third-order valence-electron chi connectivity index (χ3n) is 4.37. The first-order valence-electron chi connectivity index (χ1n) is 8.58. The zero-order chi connectivity index (χ0) is 19.7. The number of nitrogens with one attached hydrogen (secondary N) is 1. The Balaban J connectivity index is 1.74. The van der Waals surface area contributed by atoms with Crippen molar-refractivity contribution in [1.29, 1.82) is 0 Å². The number of hydrogen-bond acceptors (Lipinski definition) is 5. The van der Waals surface area contributed by atoms with Crippen molar-refractivity contribution in [2.45, 2.75) is 6.92 Å². The van der Waals surface area contributed by atoms with Gasteiger partial charge in [-0.1, -0.05) is 35.9 Å². The molecule has 4 aromatic rings. The lowest BCUT2D eigenvalue weighted by Gasteiger charge is -2.07. The molecule has 0 bridgehead atoms. The molecule has 0 atom stereocenters. The quantitative estimate of drug-likeness (QED) is 0.571. The molecule has 7 heteroatoms. The Morgan fingerprint density at radius 2 is 1.96 bits per heavy atom. The molecule has 0 saturated carbocycles. The Hall–Kier alpha value is -3.45. The van der Waals surface area contributed by atoms with Gasteiger partial charge in [-0.05, 0) is 24.6 Å². The highest BCUT2D eigenvalue weighted by Crippen LogP contribution is 2.24. The lowest BCUT2D eigenvalue weighted by atomic mass is 10.1. The van der Waals surface area contributed by atoms with Crippen molar-refractivity contribution in [3.63, 3.8) is 0 Å². The van der Waals surface area contributed by atoms with Crippen LogP contribution in [0.3, 0.4) is 0 Å². The smallest absolute Gasteiger partial charge is 0.271 e. The molecule has 2 aromatic heterocycles. The van der Waals surface area contributed by atoms with Gasteiger partial charge in [-0.2, -0.15) is 0 Å². The summed E-state index contributed by atoms with van der Waals surface area (Å²) >= 11 is 1.36. The Kier molecular flexibility index (Phi) is 4.67. The molecule has 140 valence electrons. The molecule has 0 aliphatic heterocycles. The molecule has 28 heavy (non-hydrogen) atoms. The molecule has 2 heterocycles. The van der Waals surface area contributed by atoms with Crippen molar-refractivity contribution in [3.05, 3.63) is 81.6 Å². The topological polar surface area (TPSA) is 72.7 Å². The van der Waals surface area contributed by atoms with Crippen molar-refractivity contribution in [2.75, 3.05) is 12.4 Å². The summed E-state index contributed by atoms with van der Waals surface area (Å²) in [4.78, 5) is 30.6. The van der Waals surface area contributed by atoms with Gasteiger partial charge in [0.2, 0.25) is 0 Å². The molecule has 0 radical (unpaired) electrons. The average Bonchev–Trinajstić information content (AvgIpc) is 3.14. The van der Waals surface area contributed by atoms with Gasteiger partial charge in [0.05, 0.1) is 12.8 Å². The number of carbonyl (C=O) groups is 1. The number of amides is 1. The van der Waals surface area contributed by atoms with Gasteiger partial charge in [-0.3, -0.25) is 14.0 Å². The summed E-state index contributed by atoms with van der Waals surface area (Å²) in [5.41, 5.74) is 2.86. The lowest BCUT2D eigenvalue weighted by Crippen LogP contribution is -2.26.